The molecule has 9 heteroatoms. The first-order valence-electron chi connectivity index (χ1n) is 7.73. The van der Waals surface area contributed by atoms with E-state index in [0.29, 0.717) is 18.4 Å². The molecule has 0 radical (unpaired) electrons. The highest BCUT2D eigenvalue weighted by Crippen LogP contribution is 2.07. The topological polar surface area (TPSA) is 114 Å². The van der Waals surface area contributed by atoms with Gasteiger partial charge in [-0.15, -0.1) is 0 Å². The number of alkyl halides is 1. The second kappa shape index (κ2) is 8.76. The number of rotatable bonds is 9. The van der Waals surface area contributed by atoms with Gasteiger partial charge in [0.1, 0.15) is 6.04 Å². The number of benzene rings is 1. The van der Waals surface area contributed by atoms with E-state index in [9.17, 15) is 23.9 Å². The molecule has 1 aromatic heterocycles. The molecule has 0 fully saturated rings. The SMILES string of the molecule is O=C(NC(CCCCn1c(CF)noc1=O)C(=O)O)c1ccccc1. The van der Waals surface area contributed by atoms with Crippen molar-refractivity contribution >= 4 is 11.9 Å². The highest BCUT2D eigenvalue weighted by atomic mass is 19.1. The molecule has 0 saturated heterocycles. The van der Waals surface area contributed by atoms with Crippen LogP contribution in [0.5, 0.6) is 0 Å². The van der Waals surface area contributed by atoms with Crippen LogP contribution in [0, 0.1) is 0 Å². The molecule has 134 valence electrons. The summed E-state index contributed by atoms with van der Waals surface area (Å²) in [7, 11) is 0. The molecule has 0 spiro atoms. The Bertz CT molecular complexity index is 772. The Morgan fingerprint density at radius 1 is 1.28 bits per heavy atom. The third-order valence-electron chi connectivity index (χ3n) is 3.64. The van der Waals surface area contributed by atoms with Crippen molar-refractivity contribution in [3.8, 4) is 0 Å². The summed E-state index contributed by atoms with van der Waals surface area (Å²) in [6, 6.07) is 7.25. The van der Waals surface area contributed by atoms with Gasteiger partial charge in [-0.2, -0.15) is 0 Å². The molecule has 1 unspecified atom stereocenters. The molecular weight excluding hydrogens is 333 g/mol. The van der Waals surface area contributed by atoms with Gasteiger partial charge in [-0.3, -0.25) is 13.9 Å². The zero-order valence-electron chi connectivity index (χ0n) is 13.4. The van der Waals surface area contributed by atoms with Crippen LogP contribution in [0.15, 0.2) is 39.6 Å². The van der Waals surface area contributed by atoms with E-state index in [0.717, 1.165) is 4.57 Å². The minimum Gasteiger partial charge on any atom is -0.480 e. The minimum absolute atomic E-state index is 0.0998. The molecule has 25 heavy (non-hydrogen) atoms. The number of nitrogens with one attached hydrogen (secondary N) is 1. The fraction of sp³-hybridized carbons (Fsp3) is 0.375. The molecule has 0 aliphatic carbocycles. The second-order valence-electron chi connectivity index (χ2n) is 5.38. The largest absolute Gasteiger partial charge is 0.480 e. The first-order chi connectivity index (χ1) is 12.0. The van der Waals surface area contributed by atoms with Gasteiger partial charge in [0.05, 0.1) is 0 Å². The summed E-state index contributed by atoms with van der Waals surface area (Å²) in [6.45, 7) is -0.753. The van der Waals surface area contributed by atoms with E-state index in [1.54, 1.807) is 30.3 Å². The fourth-order valence-corrected chi connectivity index (χ4v) is 2.32. The van der Waals surface area contributed by atoms with Crippen molar-refractivity contribution in [2.45, 2.75) is 38.5 Å². The first kappa shape index (κ1) is 18.4. The zero-order chi connectivity index (χ0) is 18.2. The van der Waals surface area contributed by atoms with E-state index in [4.69, 9.17) is 0 Å². The van der Waals surface area contributed by atoms with Gasteiger partial charge in [0.2, 0.25) is 0 Å². The molecular formula is C16H18FN3O5. The van der Waals surface area contributed by atoms with E-state index in [-0.39, 0.29) is 18.8 Å². The average Bonchev–Trinajstić information content (AvgIpc) is 2.97. The molecule has 2 aromatic rings. The number of carbonyl (C=O) groups excluding carboxylic acids is 1. The molecule has 2 N–H and O–H groups in total. The first-order valence-corrected chi connectivity index (χ1v) is 7.73. The highest BCUT2D eigenvalue weighted by molar-refractivity contribution is 5.96. The lowest BCUT2D eigenvalue weighted by Gasteiger charge is -2.14. The predicted octanol–water partition coefficient (Wildman–Crippen LogP) is 1.36. The Morgan fingerprint density at radius 3 is 2.64 bits per heavy atom. The third-order valence-corrected chi connectivity index (χ3v) is 3.64. The van der Waals surface area contributed by atoms with Crippen LogP contribution in [0.1, 0.15) is 35.4 Å². The van der Waals surface area contributed by atoms with Crippen LogP contribution < -0.4 is 11.1 Å². The second-order valence-corrected chi connectivity index (χ2v) is 5.38. The summed E-state index contributed by atoms with van der Waals surface area (Å²) in [5, 5.41) is 15.0. The Morgan fingerprint density at radius 2 is 2.00 bits per heavy atom. The van der Waals surface area contributed by atoms with Gasteiger partial charge in [0.15, 0.2) is 12.5 Å². The van der Waals surface area contributed by atoms with Gasteiger partial charge in [0, 0.05) is 12.1 Å². The van der Waals surface area contributed by atoms with Gasteiger partial charge in [-0.05, 0) is 31.4 Å². The van der Waals surface area contributed by atoms with Crippen LogP contribution in [-0.4, -0.2) is 32.7 Å². The van der Waals surface area contributed by atoms with Crippen molar-refractivity contribution < 1.29 is 23.6 Å². The number of nitrogens with zero attached hydrogens (tertiary/aromatic N) is 2. The van der Waals surface area contributed by atoms with Gasteiger partial charge in [-0.1, -0.05) is 23.4 Å². The smallest absolute Gasteiger partial charge is 0.441 e. The predicted molar refractivity (Wildman–Crippen MR) is 84.8 cm³/mol. The highest BCUT2D eigenvalue weighted by Gasteiger charge is 2.20. The van der Waals surface area contributed by atoms with Gasteiger partial charge in [0.25, 0.3) is 5.91 Å². The van der Waals surface area contributed by atoms with E-state index < -0.39 is 30.3 Å². The van der Waals surface area contributed by atoms with Crippen molar-refractivity contribution in [1.29, 1.82) is 0 Å². The summed E-state index contributed by atoms with van der Waals surface area (Å²) in [4.78, 5) is 34.7. The molecule has 1 atom stereocenters. The summed E-state index contributed by atoms with van der Waals surface area (Å²) in [5.74, 6) is -2.46. The Hall–Kier alpha value is -2.97. The number of unbranched alkanes of at least 4 members (excludes halogenated alkanes) is 1. The maximum Gasteiger partial charge on any atom is 0.441 e. The van der Waals surface area contributed by atoms with Crippen LogP contribution in [0.25, 0.3) is 0 Å². The zero-order valence-corrected chi connectivity index (χ0v) is 13.4. The van der Waals surface area contributed by atoms with Crippen LogP contribution in [0.2, 0.25) is 0 Å². The lowest BCUT2D eigenvalue weighted by atomic mass is 10.1. The van der Waals surface area contributed by atoms with Crippen molar-refractivity contribution in [2.75, 3.05) is 0 Å². The van der Waals surface area contributed by atoms with Crippen LogP contribution in [0.4, 0.5) is 4.39 Å². The number of aliphatic carboxylic acids is 1. The van der Waals surface area contributed by atoms with E-state index in [1.807, 2.05) is 0 Å². The number of halogens is 1. The maximum atomic E-state index is 12.6. The maximum absolute atomic E-state index is 12.6. The lowest BCUT2D eigenvalue weighted by Crippen LogP contribution is -2.40. The van der Waals surface area contributed by atoms with Crippen molar-refractivity contribution in [2.24, 2.45) is 0 Å². The quantitative estimate of drug-likeness (QED) is 0.659. The van der Waals surface area contributed by atoms with Crippen LogP contribution >= 0.6 is 0 Å². The molecule has 0 saturated carbocycles. The fourth-order valence-electron chi connectivity index (χ4n) is 2.32. The van der Waals surface area contributed by atoms with E-state index >= 15 is 0 Å². The molecule has 0 bridgehead atoms. The van der Waals surface area contributed by atoms with Crippen LogP contribution in [-0.2, 0) is 18.0 Å². The molecule has 1 amide bonds. The summed E-state index contributed by atoms with van der Waals surface area (Å²) in [6.07, 6.45) is 1.01. The van der Waals surface area contributed by atoms with Gasteiger partial charge >= 0.3 is 11.7 Å². The minimum atomic E-state index is -1.14. The number of hydrogen-bond acceptors (Lipinski definition) is 5. The monoisotopic (exact) mass is 351 g/mol. The summed E-state index contributed by atoms with van der Waals surface area (Å²) < 4.78 is 18.1. The van der Waals surface area contributed by atoms with Crippen molar-refractivity contribution in [1.82, 2.24) is 15.0 Å². The summed E-state index contributed by atoms with van der Waals surface area (Å²) in [5.41, 5.74) is 0.373. The molecule has 1 heterocycles. The number of aromatic nitrogens is 2. The van der Waals surface area contributed by atoms with E-state index in [2.05, 4.69) is 15.0 Å². The molecule has 0 aliphatic heterocycles. The van der Waals surface area contributed by atoms with Crippen molar-refractivity contribution in [3.63, 3.8) is 0 Å². The van der Waals surface area contributed by atoms with Gasteiger partial charge < -0.3 is 10.4 Å². The van der Waals surface area contributed by atoms with Gasteiger partial charge in [-0.25, -0.2) is 14.0 Å². The van der Waals surface area contributed by atoms with Crippen molar-refractivity contribution in [3.05, 3.63) is 52.3 Å². The normalized spacial score (nSPS) is 11.9. The Kier molecular flexibility index (Phi) is 6.44. The summed E-state index contributed by atoms with van der Waals surface area (Å²) >= 11 is 0. The average molecular weight is 351 g/mol. The molecule has 0 aliphatic rings. The Balaban J connectivity index is 1.86. The standard InChI is InChI=1S/C16H18FN3O5/c17-10-13-19-25-16(24)20(13)9-5-4-8-12(15(22)23)18-14(21)11-6-2-1-3-7-11/h1-3,6-7,12H,4-5,8-10H2,(H,18,21)(H,22,23). The van der Waals surface area contributed by atoms with Crippen LogP contribution in [0.3, 0.4) is 0 Å². The van der Waals surface area contributed by atoms with E-state index in [1.165, 1.54) is 0 Å². The number of amides is 1. The number of carbonyl (C=O) groups is 2. The number of carboxylic acid groups (broad SMARTS) is 1. The number of hydrogen-bond donors (Lipinski definition) is 2. The Labute approximate surface area is 142 Å². The third kappa shape index (κ3) is 5.00. The number of carboxylic acids is 1. The lowest BCUT2D eigenvalue weighted by molar-refractivity contribution is -0.139. The molecule has 8 nitrogen and oxygen atoms in total. The molecule has 2 rings (SSSR count). The molecule has 1 aromatic carbocycles.